The quantitative estimate of drug-likeness (QED) is 0.0545. The normalized spacial score (nSPS) is 14.0. The average Bonchev–Trinajstić information content (AvgIpc) is 3.13. The van der Waals surface area contributed by atoms with Gasteiger partial charge in [-0.15, -0.1) is 0 Å². The molecule has 0 unspecified atom stereocenters. The van der Waals surface area contributed by atoms with E-state index >= 15 is 0 Å². The van der Waals surface area contributed by atoms with E-state index < -0.39 is 82.0 Å². The van der Waals surface area contributed by atoms with Crippen molar-refractivity contribution in [2.24, 2.45) is 0 Å². The number of hydrogen-bond acceptors (Lipinski definition) is 14. The van der Waals surface area contributed by atoms with Gasteiger partial charge in [-0.3, -0.25) is 0 Å². The van der Waals surface area contributed by atoms with Gasteiger partial charge in [-0.05, 0) is 89.8 Å². The van der Waals surface area contributed by atoms with Crippen molar-refractivity contribution in [1.82, 2.24) is 0 Å². The zero-order chi connectivity index (χ0) is 58.3. The smallest absolute Gasteiger partial charge is 0.780 e. The summed E-state index contributed by atoms with van der Waals surface area (Å²) in [7, 11) is -11.2. The molecule has 0 aliphatic rings. The van der Waals surface area contributed by atoms with Gasteiger partial charge in [-0.25, -0.2) is 0 Å². The fourth-order valence-corrected chi connectivity index (χ4v) is 9.12. The number of aromatic hydroxyl groups is 2. The molecule has 4 aromatic rings. The molecule has 4 rings (SSSR count). The van der Waals surface area contributed by atoms with E-state index in [1.165, 1.54) is 24.3 Å². The van der Waals surface area contributed by atoms with Crippen molar-refractivity contribution in [2.45, 2.75) is 221 Å². The Morgan fingerprint density at radius 3 is 0.667 bits per heavy atom. The van der Waals surface area contributed by atoms with Crippen LogP contribution in [0.1, 0.15) is 233 Å². The van der Waals surface area contributed by atoms with E-state index in [0.717, 1.165) is 11.1 Å². The van der Waals surface area contributed by atoms with Crippen molar-refractivity contribution < 1.29 is 68.4 Å². The standard InChI is InChI=1S/2C29H45O7P.Sn/c2*1-25(2,3)17-13-19(27(7,8)9)23(30)20(14-17)29(31,32)22-16-18(26(4,5)6)15-21(28(10,11)12)24(22)36-37(33,34)35;/h2*13-16,30-32H,1-12H3,(H2,33,34,35);/q;;+4/p-4. The second kappa shape index (κ2) is 21.6. The summed E-state index contributed by atoms with van der Waals surface area (Å²) >= 11 is 0. The van der Waals surface area contributed by atoms with Crippen LogP contribution in [0, 0.1) is 0 Å². The van der Waals surface area contributed by atoms with Crippen LogP contribution in [0.15, 0.2) is 48.5 Å². The molecule has 0 radical (unpaired) electrons. The molecule has 17 heteroatoms. The van der Waals surface area contributed by atoms with E-state index in [1.807, 2.05) is 137 Å². The van der Waals surface area contributed by atoms with Crippen molar-refractivity contribution in [3.8, 4) is 23.0 Å². The summed E-state index contributed by atoms with van der Waals surface area (Å²) in [5.74, 6) is -7.37. The van der Waals surface area contributed by atoms with Gasteiger partial charge in [0.25, 0.3) is 0 Å². The summed E-state index contributed by atoms with van der Waals surface area (Å²) in [4.78, 5) is 47.4. The Morgan fingerprint density at radius 1 is 0.320 bits per heavy atom. The summed E-state index contributed by atoms with van der Waals surface area (Å²) in [5, 5.41) is 69.9. The number of benzene rings is 4. The Labute approximate surface area is 464 Å². The summed E-state index contributed by atoms with van der Waals surface area (Å²) in [5.41, 5.74) is -1.07. The zero-order valence-corrected chi connectivity index (χ0v) is 53.6. The van der Waals surface area contributed by atoms with Crippen molar-refractivity contribution in [2.75, 3.05) is 0 Å². The van der Waals surface area contributed by atoms with Crippen LogP contribution in [0.4, 0.5) is 0 Å². The molecule has 0 fully saturated rings. The molecule has 14 nitrogen and oxygen atoms in total. The second-order valence-electron chi connectivity index (χ2n) is 28.1. The molecule has 4 aromatic carbocycles. The van der Waals surface area contributed by atoms with Crippen LogP contribution < -0.4 is 28.6 Å². The SMILES string of the molecule is CC(C)(C)c1cc(C(C)(C)C)c(O)c(C(O)(O)c2cc(C(C)(C)C)cc(C(C)(C)C)c2OP(=O)([O-])[O-])c1.CC(C)(C)c1cc(C(C)(C)C)c(O)c(C(O)(O)c2cc(C(C)(C)C)cc(C(C)(C)C)c2OP(=O)([O-])[O-])c1.[Sn+4]. The van der Waals surface area contributed by atoms with Crippen LogP contribution in [0.3, 0.4) is 0 Å². The van der Waals surface area contributed by atoms with Gasteiger partial charge < -0.3 is 68.4 Å². The third-order valence-corrected chi connectivity index (χ3v) is 13.8. The van der Waals surface area contributed by atoms with Crippen LogP contribution >= 0.6 is 15.6 Å². The Balaban J connectivity index is 0.000000507. The second-order valence-corrected chi connectivity index (χ2v) is 30.2. The molecule has 6 N–H and O–H groups in total. The van der Waals surface area contributed by atoms with E-state index in [2.05, 4.69) is 0 Å². The van der Waals surface area contributed by atoms with Gasteiger partial charge in [-0.2, -0.15) is 0 Å². The maximum Gasteiger partial charge on any atom is 4.00 e. The van der Waals surface area contributed by atoms with E-state index in [9.17, 15) is 59.3 Å². The van der Waals surface area contributed by atoms with Gasteiger partial charge >= 0.3 is 23.9 Å². The predicted octanol–water partition coefficient (Wildman–Crippen LogP) is 9.57. The predicted molar refractivity (Wildman–Crippen MR) is 291 cm³/mol. The van der Waals surface area contributed by atoms with Gasteiger partial charge in [0.15, 0.2) is 0 Å². The Bertz CT molecular complexity index is 2620. The molecule has 0 aromatic heterocycles. The summed E-state index contributed by atoms with van der Waals surface area (Å²) in [6, 6.07) is 13.0. The van der Waals surface area contributed by atoms with Gasteiger partial charge in [0.2, 0.25) is 11.6 Å². The minimum absolute atomic E-state index is 0. The molecule has 0 aliphatic heterocycles. The van der Waals surface area contributed by atoms with Crippen molar-refractivity contribution in [3.63, 3.8) is 0 Å². The van der Waals surface area contributed by atoms with Gasteiger partial charge in [-0.1, -0.05) is 190 Å². The monoisotopic (exact) mass is 1190 g/mol. The van der Waals surface area contributed by atoms with Crippen LogP contribution in [0.25, 0.3) is 0 Å². The molecule has 416 valence electrons. The van der Waals surface area contributed by atoms with E-state index in [-0.39, 0.29) is 57.7 Å². The van der Waals surface area contributed by atoms with E-state index in [4.69, 9.17) is 9.05 Å². The fraction of sp³-hybridized carbons (Fsp3) is 0.586. The van der Waals surface area contributed by atoms with Crippen molar-refractivity contribution >= 4 is 39.6 Å². The summed E-state index contributed by atoms with van der Waals surface area (Å²) in [6.07, 6.45) is 0. The number of aliphatic hydroxyl groups is 4. The number of phosphoric ester groups is 2. The van der Waals surface area contributed by atoms with Crippen molar-refractivity contribution in [1.29, 1.82) is 0 Å². The van der Waals surface area contributed by atoms with E-state index in [0.29, 0.717) is 33.4 Å². The minimum Gasteiger partial charge on any atom is -0.780 e. The van der Waals surface area contributed by atoms with Crippen LogP contribution in [-0.2, 0) is 64.0 Å². The molecule has 0 atom stereocenters. The summed E-state index contributed by atoms with van der Waals surface area (Å²) < 4.78 is 33.6. The zero-order valence-electron chi connectivity index (χ0n) is 49.0. The van der Waals surface area contributed by atoms with Crippen LogP contribution in [-0.4, -0.2) is 54.5 Å². The molecule has 0 heterocycles. The molecule has 0 aliphatic carbocycles. The molecular weight excluding hydrogens is 1100 g/mol. The first-order valence-electron chi connectivity index (χ1n) is 24.8. The molecular formula is C58H86O14P2Sn. The largest absolute Gasteiger partial charge is 4.00 e. The fourth-order valence-electron chi connectivity index (χ4n) is 8.28. The Hall–Kier alpha value is -2.98. The van der Waals surface area contributed by atoms with Crippen molar-refractivity contribution in [3.05, 3.63) is 115 Å². The first-order chi connectivity index (χ1) is 32.3. The Kier molecular flexibility index (Phi) is 19.6. The molecule has 0 bridgehead atoms. The van der Waals surface area contributed by atoms with Crippen LogP contribution in [0.5, 0.6) is 23.0 Å². The molecule has 75 heavy (non-hydrogen) atoms. The topological polar surface area (TPSA) is 266 Å². The molecule has 0 spiro atoms. The number of phosphoric acid groups is 2. The molecule has 0 amide bonds. The summed E-state index contributed by atoms with van der Waals surface area (Å²) in [6.45, 7) is 45.5. The minimum atomic E-state index is -5.60. The Morgan fingerprint density at radius 2 is 0.493 bits per heavy atom. The van der Waals surface area contributed by atoms with Gasteiger partial charge in [0.05, 0.1) is 22.3 Å². The first kappa shape index (κ1) is 68.1. The van der Waals surface area contributed by atoms with Crippen LogP contribution in [0.2, 0.25) is 0 Å². The maximum atomic E-state index is 11.9. The average molecular weight is 1190 g/mol. The third-order valence-electron chi connectivity index (χ3n) is 13.0. The number of phenols is 2. The van der Waals surface area contributed by atoms with Gasteiger partial charge in [0, 0.05) is 22.3 Å². The number of rotatable bonds is 8. The first-order valence-corrected chi connectivity index (χ1v) is 27.8. The number of hydrogen-bond donors (Lipinski definition) is 6. The molecule has 0 saturated carbocycles. The van der Waals surface area contributed by atoms with Gasteiger partial charge in [0.1, 0.15) is 38.6 Å². The van der Waals surface area contributed by atoms with E-state index in [1.54, 1.807) is 53.7 Å². The number of phenolic OH excluding ortho intramolecular Hbond substituents is 2. The molecule has 0 saturated heterocycles. The third kappa shape index (κ3) is 16.5. The maximum absolute atomic E-state index is 11.9.